The summed E-state index contributed by atoms with van der Waals surface area (Å²) < 4.78 is 7.80. The molecule has 2 heterocycles. The molecule has 1 aliphatic rings. The molecule has 1 aliphatic heterocycles. The molecule has 3 N–H and O–H groups in total. The molecule has 1 aromatic rings. The van der Waals surface area contributed by atoms with Gasteiger partial charge < -0.3 is 4.74 Å². The number of nitrogens with zero attached hydrogens (tertiary/aromatic N) is 2. The molecule has 20 heavy (non-hydrogen) atoms. The van der Waals surface area contributed by atoms with Gasteiger partial charge in [0.1, 0.15) is 0 Å². The van der Waals surface area contributed by atoms with Crippen molar-refractivity contribution in [2.45, 2.75) is 58.7 Å². The van der Waals surface area contributed by atoms with Crippen molar-refractivity contribution in [3.63, 3.8) is 0 Å². The molecule has 5 nitrogen and oxygen atoms in total. The molecule has 3 atom stereocenters. The third-order valence-corrected chi connectivity index (χ3v) is 4.60. The maximum atomic E-state index is 6.46. The van der Waals surface area contributed by atoms with Crippen LogP contribution in [-0.4, -0.2) is 28.5 Å². The van der Waals surface area contributed by atoms with Crippen LogP contribution in [0, 0.1) is 5.92 Å². The molecule has 0 aliphatic carbocycles. The molecule has 114 valence electrons. The summed E-state index contributed by atoms with van der Waals surface area (Å²) in [6.45, 7) is 7.97. The molecular weight excluding hydrogens is 276 g/mol. The van der Waals surface area contributed by atoms with Gasteiger partial charge in [0.15, 0.2) is 0 Å². The van der Waals surface area contributed by atoms with E-state index in [4.69, 9.17) is 22.2 Å². The number of halogens is 1. The van der Waals surface area contributed by atoms with Gasteiger partial charge in [-0.2, -0.15) is 5.10 Å². The first-order valence-electron chi connectivity index (χ1n) is 7.44. The molecular formula is C14H25ClN4O. The Balaban J connectivity index is 2.20. The fraction of sp³-hybridized carbons (Fsp3) is 0.786. The predicted octanol–water partition coefficient (Wildman–Crippen LogP) is 1.92. The van der Waals surface area contributed by atoms with E-state index in [1.807, 2.05) is 4.68 Å². The van der Waals surface area contributed by atoms with Crippen LogP contribution in [0.15, 0.2) is 0 Å². The van der Waals surface area contributed by atoms with E-state index in [1.165, 1.54) is 0 Å². The number of hydrogen-bond donors (Lipinski definition) is 2. The van der Waals surface area contributed by atoms with Crippen LogP contribution in [0.5, 0.6) is 0 Å². The highest BCUT2D eigenvalue weighted by molar-refractivity contribution is 6.31. The zero-order valence-electron chi connectivity index (χ0n) is 12.5. The van der Waals surface area contributed by atoms with Crippen LogP contribution in [0.25, 0.3) is 0 Å². The summed E-state index contributed by atoms with van der Waals surface area (Å²) >= 11 is 6.46. The molecule has 6 heteroatoms. The van der Waals surface area contributed by atoms with Gasteiger partial charge in [0.2, 0.25) is 0 Å². The third kappa shape index (κ3) is 3.01. The molecule has 0 spiro atoms. The Hall–Kier alpha value is -0.620. The second-order valence-corrected chi connectivity index (χ2v) is 5.83. The Morgan fingerprint density at radius 1 is 1.55 bits per heavy atom. The quantitative estimate of drug-likeness (QED) is 0.622. The molecule has 1 aromatic heterocycles. The molecule has 0 saturated carbocycles. The highest BCUT2D eigenvalue weighted by atomic mass is 35.5. The van der Waals surface area contributed by atoms with Gasteiger partial charge in [-0.3, -0.25) is 16.0 Å². The fourth-order valence-electron chi connectivity index (χ4n) is 2.92. The number of hydrazine groups is 1. The van der Waals surface area contributed by atoms with Gasteiger partial charge in [-0.1, -0.05) is 25.4 Å². The van der Waals surface area contributed by atoms with Crippen LogP contribution >= 0.6 is 11.6 Å². The molecule has 2 rings (SSSR count). The molecule has 0 radical (unpaired) electrons. The summed E-state index contributed by atoms with van der Waals surface area (Å²) in [5.41, 5.74) is 4.91. The minimum atomic E-state index is 0.0664. The lowest BCUT2D eigenvalue weighted by molar-refractivity contribution is 0.0604. The van der Waals surface area contributed by atoms with Crippen molar-refractivity contribution in [2.24, 2.45) is 11.8 Å². The number of ether oxygens (including phenoxy) is 1. The average molecular weight is 301 g/mol. The minimum absolute atomic E-state index is 0.0664. The molecule has 1 fully saturated rings. The fourth-order valence-corrected chi connectivity index (χ4v) is 3.27. The van der Waals surface area contributed by atoms with Crippen molar-refractivity contribution in [1.29, 1.82) is 0 Å². The Morgan fingerprint density at radius 2 is 2.30 bits per heavy atom. The first-order chi connectivity index (χ1) is 9.62. The largest absolute Gasteiger partial charge is 0.376 e. The topological polar surface area (TPSA) is 65.1 Å². The summed E-state index contributed by atoms with van der Waals surface area (Å²) in [7, 11) is 0. The summed E-state index contributed by atoms with van der Waals surface area (Å²) in [5, 5.41) is 5.33. The molecule has 3 unspecified atom stereocenters. The highest BCUT2D eigenvalue weighted by Gasteiger charge is 2.33. The SMILES string of the molecule is CCc1nn(CC)c(CC(NN)C2OCCC2C)c1Cl. The smallest absolute Gasteiger partial charge is 0.0850 e. The maximum absolute atomic E-state index is 6.46. The third-order valence-electron chi connectivity index (χ3n) is 4.16. The van der Waals surface area contributed by atoms with E-state index < -0.39 is 0 Å². The van der Waals surface area contributed by atoms with Crippen LogP contribution in [0.4, 0.5) is 0 Å². The van der Waals surface area contributed by atoms with Gasteiger partial charge in [-0.25, -0.2) is 0 Å². The van der Waals surface area contributed by atoms with Crippen LogP contribution in [0.3, 0.4) is 0 Å². The van der Waals surface area contributed by atoms with E-state index in [1.54, 1.807) is 0 Å². The lowest BCUT2D eigenvalue weighted by Gasteiger charge is -2.25. The highest BCUT2D eigenvalue weighted by Crippen LogP contribution is 2.28. The Labute approximate surface area is 125 Å². The van der Waals surface area contributed by atoms with E-state index in [-0.39, 0.29) is 12.1 Å². The number of aryl methyl sites for hydroxylation is 2. The van der Waals surface area contributed by atoms with E-state index in [0.29, 0.717) is 5.92 Å². The molecule has 0 aromatic carbocycles. The van der Waals surface area contributed by atoms with Crippen molar-refractivity contribution in [3.05, 3.63) is 16.4 Å². The van der Waals surface area contributed by atoms with Gasteiger partial charge in [0.05, 0.1) is 28.6 Å². The van der Waals surface area contributed by atoms with E-state index >= 15 is 0 Å². The Kier molecular flexibility index (Phi) is 5.43. The van der Waals surface area contributed by atoms with Gasteiger partial charge in [0.25, 0.3) is 0 Å². The van der Waals surface area contributed by atoms with Crippen molar-refractivity contribution in [2.75, 3.05) is 6.61 Å². The minimum Gasteiger partial charge on any atom is -0.376 e. The number of nitrogens with one attached hydrogen (secondary N) is 1. The lowest BCUT2D eigenvalue weighted by Crippen LogP contribution is -2.47. The van der Waals surface area contributed by atoms with Crippen LogP contribution in [-0.2, 0) is 24.1 Å². The van der Waals surface area contributed by atoms with E-state index in [0.717, 1.165) is 48.8 Å². The maximum Gasteiger partial charge on any atom is 0.0850 e. The van der Waals surface area contributed by atoms with E-state index in [9.17, 15) is 0 Å². The van der Waals surface area contributed by atoms with Crippen LogP contribution in [0.2, 0.25) is 5.02 Å². The van der Waals surface area contributed by atoms with Gasteiger partial charge in [-0.15, -0.1) is 0 Å². The second-order valence-electron chi connectivity index (χ2n) is 5.46. The van der Waals surface area contributed by atoms with Gasteiger partial charge >= 0.3 is 0 Å². The zero-order valence-corrected chi connectivity index (χ0v) is 13.3. The van der Waals surface area contributed by atoms with Gasteiger partial charge in [-0.05, 0) is 25.7 Å². The standard InChI is InChI=1S/C14H25ClN4O/c1-4-10-13(15)12(19(5-2)18-10)8-11(17-16)14-9(3)6-7-20-14/h9,11,14,17H,4-8,16H2,1-3H3. The summed E-state index contributed by atoms with van der Waals surface area (Å²) in [6, 6.07) is 0.0664. The van der Waals surface area contributed by atoms with Crippen LogP contribution < -0.4 is 11.3 Å². The summed E-state index contributed by atoms with van der Waals surface area (Å²) in [5.74, 6) is 6.25. The first kappa shape index (κ1) is 15.8. The predicted molar refractivity (Wildman–Crippen MR) is 80.6 cm³/mol. The normalized spacial score (nSPS) is 24.2. The van der Waals surface area contributed by atoms with Crippen molar-refractivity contribution >= 4 is 11.6 Å². The van der Waals surface area contributed by atoms with Crippen molar-refractivity contribution in [1.82, 2.24) is 15.2 Å². The van der Waals surface area contributed by atoms with Crippen molar-refractivity contribution < 1.29 is 4.74 Å². The monoisotopic (exact) mass is 300 g/mol. The number of hydrogen-bond acceptors (Lipinski definition) is 4. The van der Waals surface area contributed by atoms with Crippen molar-refractivity contribution in [3.8, 4) is 0 Å². The van der Waals surface area contributed by atoms with Gasteiger partial charge in [0, 0.05) is 19.6 Å². The van der Waals surface area contributed by atoms with Crippen LogP contribution in [0.1, 0.15) is 38.6 Å². The first-order valence-corrected chi connectivity index (χ1v) is 7.81. The molecule has 1 saturated heterocycles. The zero-order chi connectivity index (χ0) is 14.7. The molecule has 0 amide bonds. The van der Waals surface area contributed by atoms with E-state index in [2.05, 4.69) is 31.3 Å². The molecule has 0 bridgehead atoms. The number of rotatable bonds is 6. The number of aromatic nitrogens is 2. The summed E-state index contributed by atoms with van der Waals surface area (Å²) in [4.78, 5) is 0. The Bertz CT molecular complexity index is 449. The number of nitrogens with two attached hydrogens (primary N) is 1. The average Bonchev–Trinajstić information content (AvgIpc) is 3.00. The second kappa shape index (κ2) is 6.89. The summed E-state index contributed by atoms with van der Waals surface area (Å²) in [6.07, 6.45) is 2.81. The Morgan fingerprint density at radius 3 is 2.80 bits per heavy atom. The lowest BCUT2D eigenvalue weighted by atomic mass is 9.95.